The van der Waals surface area contributed by atoms with Crippen LogP contribution < -0.4 is 5.32 Å². The van der Waals surface area contributed by atoms with Crippen molar-refractivity contribution in [1.82, 2.24) is 5.32 Å². The zero-order chi connectivity index (χ0) is 12.4. The van der Waals surface area contributed by atoms with Crippen LogP contribution in [0.25, 0.3) is 0 Å². The van der Waals surface area contributed by atoms with Crippen molar-refractivity contribution >= 4 is 9.24 Å². The van der Waals surface area contributed by atoms with Crippen molar-refractivity contribution in [3.05, 3.63) is 0 Å². The van der Waals surface area contributed by atoms with E-state index in [1.54, 1.807) is 0 Å². The van der Waals surface area contributed by atoms with E-state index in [4.69, 9.17) is 0 Å². The van der Waals surface area contributed by atoms with Crippen LogP contribution in [0.4, 0.5) is 0 Å². The molecule has 0 spiro atoms. The molecule has 2 heteroatoms. The lowest BCUT2D eigenvalue weighted by Crippen LogP contribution is -2.24. The van der Waals surface area contributed by atoms with Crippen molar-refractivity contribution in [2.75, 3.05) is 19.3 Å². The summed E-state index contributed by atoms with van der Waals surface area (Å²) in [7, 11) is 2.84. The molecule has 98 valence electrons. The topological polar surface area (TPSA) is 12.0 Å². The fourth-order valence-electron chi connectivity index (χ4n) is 2.07. The van der Waals surface area contributed by atoms with Crippen molar-refractivity contribution < 1.29 is 0 Å². The second kappa shape index (κ2) is 9.42. The minimum Gasteiger partial charge on any atom is -0.317 e. The Balaban J connectivity index is 3.85. The molecule has 0 saturated heterocycles. The first-order valence-electron chi connectivity index (χ1n) is 6.98. The first kappa shape index (κ1) is 16.4. The van der Waals surface area contributed by atoms with Crippen LogP contribution in [0.2, 0.25) is 0 Å². The summed E-state index contributed by atoms with van der Waals surface area (Å²) in [6.45, 7) is 11.7. The van der Waals surface area contributed by atoms with E-state index < -0.39 is 0 Å². The molecule has 0 fully saturated rings. The van der Waals surface area contributed by atoms with Crippen molar-refractivity contribution in [2.45, 2.75) is 59.8 Å². The largest absolute Gasteiger partial charge is 0.317 e. The normalized spacial score (nSPS) is 17.1. The second-order valence-corrected chi connectivity index (χ2v) is 6.07. The highest BCUT2D eigenvalue weighted by Gasteiger charge is 2.21. The fourth-order valence-corrected chi connectivity index (χ4v) is 2.64. The Bertz CT molecular complexity index is 161. The van der Waals surface area contributed by atoms with E-state index in [1.807, 2.05) is 0 Å². The summed E-state index contributed by atoms with van der Waals surface area (Å²) in [5, 5.41) is 3.45. The molecular formula is C14H32NP. The predicted octanol–water partition coefficient (Wildman–Crippen LogP) is 4.08. The molecule has 0 rings (SSSR count). The molecule has 0 heterocycles. The standard InChI is InChI=1S/C14H32NP/c1-5-14(4,10-11-15-6-2)9-7-13(3)8-12-16/h13,15H,5-12,16H2,1-4H3/t13?,14-/m0/s1. The molecule has 0 amide bonds. The lowest BCUT2D eigenvalue weighted by molar-refractivity contribution is 0.234. The van der Waals surface area contributed by atoms with Crippen LogP contribution in [0, 0.1) is 11.3 Å². The summed E-state index contributed by atoms with van der Waals surface area (Å²) in [6, 6.07) is 0. The van der Waals surface area contributed by atoms with E-state index in [2.05, 4.69) is 42.3 Å². The van der Waals surface area contributed by atoms with Gasteiger partial charge in [-0.15, -0.1) is 9.24 Å². The zero-order valence-corrected chi connectivity index (χ0v) is 13.0. The lowest BCUT2D eigenvalue weighted by Gasteiger charge is -2.29. The quantitative estimate of drug-likeness (QED) is 0.451. The fraction of sp³-hybridized carbons (Fsp3) is 1.00. The first-order chi connectivity index (χ1) is 7.58. The Labute approximate surface area is 105 Å². The molecule has 0 saturated carbocycles. The van der Waals surface area contributed by atoms with E-state index in [1.165, 1.54) is 44.8 Å². The van der Waals surface area contributed by atoms with Gasteiger partial charge in [0.25, 0.3) is 0 Å². The third kappa shape index (κ3) is 7.63. The molecule has 0 aliphatic heterocycles. The van der Waals surface area contributed by atoms with Crippen molar-refractivity contribution in [2.24, 2.45) is 11.3 Å². The molecule has 0 aromatic carbocycles. The molecule has 1 nitrogen and oxygen atoms in total. The Hall–Kier alpha value is 0.390. The van der Waals surface area contributed by atoms with Crippen molar-refractivity contribution in [3.8, 4) is 0 Å². The highest BCUT2D eigenvalue weighted by molar-refractivity contribution is 7.16. The van der Waals surface area contributed by atoms with Gasteiger partial charge in [0.2, 0.25) is 0 Å². The minimum atomic E-state index is 0.553. The molecule has 0 radical (unpaired) electrons. The molecule has 1 N–H and O–H groups in total. The first-order valence-corrected chi connectivity index (χ1v) is 7.80. The molecule has 0 aliphatic carbocycles. The van der Waals surface area contributed by atoms with Crippen LogP contribution in [0.3, 0.4) is 0 Å². The van der Waals surface area contributed by atoms with E-state index in [0.717, 1.165) is 12.5 Å². The van der Waals surface area contributed by atoms with Gasteiger partial charge in [-0.2, -0.15) is 0 Å². The van der Waals surface area contributed by atoms with E-state index in [0.29, 0.717) is 5.41 Å². The zero-order valence-electron chi connectivity index (χ0n) is 11.8. The Morgan fingerprint density at radius 1 is 1.19 bits per heavy atom. The number of hydrogen-bond acceptors (Lipinski definition) is 1. The van der Waals surface area contributed by atoms with Crippen LogP contribution in [0.5, 0.6) is 0 Å². The minimum absolute atomic E-state index is 0.553. The van der Waals surface area contributed by atoms with Gasteiger partial charge < -0.3 is 5.32 Å². The van der Waals surface area contributed by atoms with Gasteiger partial charge in [-0.1, -0.05) is 40.5 Å². The smallest absolute Gasteiger partial charge is 0.00438 e. The third-order valence-corrected chi connectivity index (χ3v) is 4.24. The average Bonchev–Trinajstić information content (AvgIpc) is 2.27. The summed E-state index contributed by atoms with van der Waals surface area (Å²) in [6.07, 6.45) is 8.03. The van der Waals surface area contributed by atoms with Gasteiger partial charge in [-0.3, -0.25) is 0 Å². The van der Waals surface area contributed by atoms with E-state index >= 15 is 0 Å². The van der Waals surface area contributed by atoms with Gasteiger partial charge >= 0.3 is 0 Å². The summed E-state index contributed by atoms with van der Waals surface area (Å²) in [5.41, 5.74) is 0.553. The highest BCUT2D eigenvalue weighted by Crippen LogP contribution is 2.33. The van der Waals surface area contributed by atoms with Crippen LogP contribution in [0.15, 0.2) is 0 Å². The number of hydrogen-bond donors (Lipinski definition) is 1. The van der Waals surface area contributed by atoms with Gasteiger partial charge in [0.05, 0.1) is 0 Å². The summed E-state index contributed by atoms with van der Waals surface area (Å²) in [5.74, 6) is 0.891. The Kier molecular flexibility index (Phi) is 9.65. The Morgan fingerprint density at radius 3 is 2.38 bits per heavy atom. The predicted molar refractivity (Wildman–Crippen MR) is 79.2 cm³/mol. The summed E-state index contributed by atoms with van der Waals surface area (Å²) >= 11 is 0. The van der Waals surface area contributed by atoms with Gasteiger partial charge in [-0.25, -0.2) is 0 Å². The van der Waals surface area contributed by atoms with Gasteiger partial charge in [0.15, 0.2) is 0 Å². The molecule has 16 heavy (non-hydrogen) atoms. The van der Waals surface area contributed by atoms with Gasteiger partial charge in [0, 0.05) is 0 Å². The van der Waals surface area contributed by atoms with Crippen molar-refractivity contribution in [3.63, 3.8) is 0 Å². The molecule has 0 aromatic rings. The molecule has 0 aliphatic rings. The monoisotopic (exact) mass is 245 g/mol. The van der Waals surface area contributed by atoms with E-state index in [-0.39, 0.29) is 0 Å². The molecular weight excluding hydrogens is 213 g/mol. The summed E-state index contributed by atoms with van der Waals surface area (Å²) < 4.78 is 0. The van der Waals surface area contributed by atoms with Crippen LogP contribution in [-0.2, 0) is 0 Å². The molecule has 0 bridgehead atoms. The maximum atomic E-state index is 3.45. The number of rotatable bonds is 10. The lowest BCUT2D eigenvalue weighted by atomic mass is 9.78. The van der Waals surface area contributed by atoms with Crippen LogP contribution in [-0.4, -0.2) is 19.3 Å². The van der Waals surface area contributed by atoms with Crippen LogP contribution >= 0.6 is 9.24 Å². The van der Waals surface area contributed by atoms with E-state index in [9.17, 15) is 0 Å². The maximum Gasteiger partial charge on any atom is -0.00438 e. The number of nitrogens with one attached hydrogen (secondary N) is 1. The molecule has 3 atom stereocenters. The van der Waals surface area contributed by atoms with Gasteiger partial charge in [0.1, 0.15) is 0 Å². The maximum absolute atomic E-state index is 3.45. The third-order valence-electron chi connectivity index (χ3n) is 3.91. The van der Waals surface area contributed by atoms with Crippen LogP contribution in [0.1, 0.15) is 59.8 Å². The summed E-state index contributed by atoms with van der Waals surface area (Å²) in [4.78, 5) is 0. The van der Waals surface area contributed by atoms with Gasteiger partial charge in [-0.05, 0) is 49.8 Å². The highest BCUT2D eigenvalue weighted by atomic mass is 31.0. The SMILES string of the molecule is CCNCC[C@@](C)(CC)CCC(C)CCP. The second-order valence-electron chi connectivity index (χ2n) is 5.49. The molecule has 2 unspecified atom stereocenters. The average molecular weight is 245 g/mol. The van der Waals surface area contributed by atoms with Crippen molar-refractivity contribution in [1.29, 1.82) is 0 Å². The Morgan fingerprint density at radius 2 is 1.88 bits per heavy atom. The molecule has 0 aromatic heterocycles.